The number of carbonyl (C=O) groups is 1. The predicted molar refractivity (Wildman–Crippen MR) is 49.1 cm³/mol. The van der Waals surface area contributed by atoms with Gasteiger partial charge in [-0.15, -0.1) is 11.6 Å². The van der Waals surface area contributed by atoms with E-state index in [9.17, 15) is 4.79 Å². The van der Waals surface area contributed by atoms with Gasteiger partial charge in [0, 0.05) is 7.05 Å². The lowest BCUT2D eigenvalue weighted by Crippen LogP contribution is -2.33. The molecule has 0 aromatic heterocycles. The molecule has 0 radical (unpaired) electrons. The first-order chi connectivity index (χ1) is 5.25. The molecule has 1 rings (SSSR count). The van der Waals surface area contributed by atoms with Crippen LogP contribution in [-0.4, -0.2) is 29.8 Å². The zero-order valence-corrected chi connectivity index (χ0v) is 8.04. The molecule has 2 unspecified atom stereocenters. The molecule has 4 heteroatoms. The summed E-state index contributed by atoms with van der Waals surface area (Å²) in [6.45, 7) is 0. The molecule has 1 aliphatic rings. The molecular weight excluding hydrogens is 182 g/mol. The van der Waals surface area contributed by atoms with Crippen LogP contribution in [0.1, 0.15) is 6.42 Å². The van der Waals surface area contributed by atoms with Crippen LogP contribution in [0.25, 0.3) is 0 Å². The fraction of sp³-hybridized carbons (Fsp3) is 0.857. The van der Waals surface area contributed by atoms with Gasteiger partial charge >= 0.3 is 0 Å². The van der Waals surface area contributed by atoms with Gasteiger partial charge in [0.15, 0.2) is 0 Å². The van der Waals surface area contributed by atoms with Crippen molar-refractivity contribution in [2.45, 2.75) is 11.8 Å². The molecule has 0 aromatic carbocycles. The Labute approximate surface area is 76.1 Å². The molecular formula is C7H12ClNOS. The molecule has 1 heterocycles. The van der Waals surface area contributed by atoms with E-state index in [-0.39, 0.29) is 11.3 Å². The van der Waals surface area contributed by atoms with Crippen LogP contribution < -0.4 is 5.32 Å². The Balaban J connectivity index is 2.39. The van der Waals surface area contributed by atoms with Crippen LogP contribution in [0.5, 0.6) is 0 Å². The molecule has 2 nitrogen and oxygen atoms in total. The monoisotopic (exact) mass is 193 g/mol. The van der Waals surface area contributed by atoms with Crippen LogP contribution in [0.15, 0.2) is 0 Å². The highest BCUT2D eigenvalue weighted by Crippen LogP contribution is 2.28. The maximum Gasteiger partial charge on any atom is 0.238 e. The summed E-state index contributed by atoms with van der Waals surface area (Å²) in [6.07, 6.45) is 1.08. The zero-order chi connectivity index (χ0) is 8.27. The maximum absolute atomic E-state index is 11.0. The van der Waals surface area contributed by atoms with Gasteiger partial charge in [-0.1, -0.05) is 0 Å². The van der Waals surface area contributed by atoms with E-state index in [0.717, 1.165) is 17.9 Å². The molecule has 1 aliphatic heterocycles. The molecule has 1 amide bonds. The van der Waals surface area contributed by atoms with Crippen LogP contribution in [0, 0.1) is 5.92 Å². The van der Waals surface area contributed by atoms with Crippen molar-refractivity contribution >= 4 is 29.3 Å². The van der Waals surface area contributed by atoms with Gasteiger partial charge in [0.05, 0.1) is 0 Å². The van der Waals surface area contributed by atoms with Crippen LogP contribution in [0.3, 0.4) is 0 Å². The second-order valence-electron chi connectivity index (χ2n) is 2.64. The van der Waals surface area contributed by atoms with Crippen LogP contribution in [0.4, 0.5) is 0 Å². The first-order valence-corrected chi connectivity index (χ1v) is 5.28. The SMILES string of the molecule is CNC(=O)C(Cl)C1CCSC1. The molecule has 0 aliphatic carbocycles. The number of alkyl halides is 1. The minimum absolute atomic E-state index is 0.0424. The van der Waals surface area contributed by atoms with Crippen molar-refractivity contribution in [1.29, 1.82) is 0 Å². The molecule has 0 bridgehead atoms. The van der Waals surface area contributed by atoms with Crippen molar-refractivity contribution in [3.63, 3.8) is 0 Å². The Kier molecular flexibility index (Phi) is 3.52. The molecule has 11 heavy (non-hydrogen) atoms. The van der Waals surface area contributed by atoms with Gasteiger partial charge in [0.2, 0.25) is 5.91 Å². The van der Waals surface area contributed by atoms with E-state index in [0.29, 0.717) is 5.92 Å². The zero-order valence-electron chi connectivity index (χ0n) is 6.47. The Hall–Kier alpha value is 0.110. The van der Waals surface area contributed by atoms with Gasteiger partial charge < -0.3 is 5.32 Å². The van der Waals surface area contributed by atoms with Gasteiger partial charge in [-0.3, -0.25) is 4.79 Å². The van der Waals surface area contributed by atoms with Gasteiger partial charge in [-0.2, -0.15) is 11.8 Å². The second kappa shape index (κ2) is 4.21. The molecule has 2 atom stereocenters. The Morgan fingerprint density at radius 1 is 1.82 bits per heavy atom. The van der Waals surface area contributed by atoms with E-state index in [1.165, 1.54) is 0 Å². The van der Waals surface area contributed by atoms with Gasteiger partial charge in [-0.05, 0) is 23.8 Å². The third kappa shape index (κ3) is 2.27. The Morgan fingerprint density at radius 2 is 2.55 bits per heavy atom. The predicted octanol–water partition coefficient (Wildman–Crippen LogP) is 1.09. The summed E-state index contributed by atoms with van der Waals surface area (Å²) in [5, 5.41) is 2.24. The minimum Gasteiger partial charge on any atom is -0.358 e. The van der Waals surface area contributed by atoms with Gasteiger partial charge in [0.25, 0.3) is 0 Å². The fourth-order valence-corrected chi connectivity index (χ4v) is 2.86. The smallest absolute Gasteiger partial charge is 0.238 e. The quantitative estimate of drug-likeness (QED) is 0.666. The number of thioether (sulfide) groups is 1. The van der Waals surface area contributed by atoms with E-state index < -0.39 is 0 Å². The molecule has 0 saturated carbocycles. The maximum atomic E-state index is 11.0. The molecule has 64 valence electrons. The molecule has 0 aromatic rings. The summed E-state index contributed by atoms with van der Waals surface area (Å²) in [5.74, 6) is 2.51. The molecule has 0 spiro atoms. The fourth-order valence-electron chi connectivity index (χ4n) is 1.14. The van der Waals surface area contributed by atoms with Crippen molar-refractivity contribution in [3.8, 4) is 0 Å². The lowest BCUT2D eigenvalue weighted by atomic mass is 10.0. The molecule has 1 N–H and O–H groups in total. The van der Waals surface area contributed by atoms with Gasteiger partial charge in [-0.25, -0.2) is 0 Å². The van der Waals surface area contributed by atoms with Crippen molar-refractivity contribution < 1.29 is 4.79 Å². The normalized spacial score (nSPS) is 26.5. The van der Waals surface area contributed by atoms with E-state index in [1.807, 2.05) is 11.8 Å². The lowest BCUT2D eigenvalue weighted by Gasteiger charge is -2.13. The first kappa shape index (κ1) is 9.20. The summed E-state index contributed by atoms with van der Waals surface area (Å²) < 4.78 is 0. The average molecular weight is 194 g/mol. The van der Waals surface area contributed by atoms with E-state index in [4.69, 9.17) is 11.6 Å². The topological polar surface area (TPSA) is 29.1 Å². The first-order valence-electron chi connectivity index (χ1n) is 3.69. The minimum atomic E-state index is -0.324. The number of hydrogen-bond acceptors (Lipinski definition) is 2. The summed E-state index contributed by atoms with van der Waals surface area (Å²) in [6, 6.07) is 0. The number of amides is 1. The average Bonchev–Trinajstić information content (AvgIpc) is 2.53. The highest BCUT2D eigenvalue weighted by molar-refractivity contribution is 7.99. The van der Waals surface area contributed by atoms with Crippen LogP contribution >= 0.6 is 23.4 Å². The summed E-state index contributed by atoms with van der Waals surface area (Å²) in [5.41, 5.74) is 0. The number of hydrogen-bond donors (Lipinski definition) is 1. The third-order valence-electron chi connectivity index (χ3n) is 1.88. The third-order valence-corrected chi connectivity index (χ3v) is 3.62. The summed E-state index contributed by atoms with van der Waals surface area (Å²) in [4.78, 5) is 11.0. The van der Waals surface area contributed by atoms with Gasteiger partial charge in [0.1, 0.15) is 5.38 Å². The van der Waals surface area contributed by atoms with E-state index >= 15 is 0 Å². The van der Waals surface area contributed by atoms with Crippen LogP contribution in [0.2, 0.25) is 0 Å². The molecule has 1 fully saturated rings. The highest BCUT2D eigenvalue weighted by Gasteiger charge is 2.28. The number of carbonyl (C=O) groups excluding carboxylic acids is 1. The number of nitrogens with one attached hydrogen (secondary N) is 1. The number of rotatable bonds is 2. The standard InChI is InChI=1S/C7H12ClNOS/c1-9-7(10)6(8)5-2-3-11-4-5/h5-6H,2-4H2,1H3,(H,9,10). The summed E-state index contributed by atoms with van der Waals surface area (Å²) in [7, 11) is 1.62. The molecule has 1 saturated heterocycles. The van der Waals surface area contributed by atoms with E-state index in [2.05, 4.69) is 5.32 Å². The van der Waals surface area contributed by atoms with Crippen molar-refractivity contribution in [1.82, 2.24) is 5.32 Å². The second-order valence-corrected chi connectivity index (χ2v) is 4.26. The number of halogens is 1. The highest BCUT2D eigenvalue weighted by atomic mass is 35.5. The Bertz CT molecular complexity index is 147. The Morgan fingerprint density at radius 3 is 3.00 bits per heavy atom. The van der Waals surface area contributed by atoms with E-state index in [1.54, 1.807) is 7.05 Å². The van der Waals surface area contributed by atoms with Crippen molar-refractivity contribution in [2.75, 3.05) is 18.6 Å². The largest absolute Gasteiger partial charge is 0.358 e. The van der Waals surface area contributed by atoms with Crippen LogP contribution in [-0.2, 0) is 4.79 Å². The summed E-state index contributed by atoms with van der Waals surface area (Å²) >= 11 is 7.79. The van der Waals surface area contributed by atoms with Crippen molar-refractivity contribution in [2.24, 2.45) is 5.92 Å². The lowest BCUT2D eigenvalue weighted by molar-refractivity contribution is -0.121. The van der Waals surface area contributed by atoms with Crippen molar-refractivity contribution in [3.05, 3.63) is 0 Å².